The monoisotopic (exact) mass is 499 g/mol. The third-order valence-corrected chi connectivity index (χ3v) is 8.68. The average Bonchev–Trinajstić information content (AvgIpc) is 3.43. The van der Waals surface area contributed by atoms with Gasteiger partial charge in [-0.05, 0) is 66.8 Å². The summed E-state index contributed by atoms with van der Waals surface area (Å²) in [5.41, 5.74) is 12.2. The summed E-state index contributed by atoms with van der Waals surface area (Å²) >= 11 is 0. The van der Waals surface area contributed by atoms with Crippen LogP contribution in [0.1, 0.15) is 48.8 Å². The van der Waals surface area contributed by atoms with E-state index in [0.29, 0.717) is 30.3 Å². The highest BCUT2D eigenvalue weighted by atomic mass is 16.2. The van der Waals surface area contributed by atoms with Crippen LogP contribution in [0.3, 0.4) is 0 Å². The topological polar surface area (TPSA) is 139 Å². The number of pyridine rings is 1. The molecule has 9 heteroatoms. The number of aliphatic imine (C=N–C) groups is 1. The first kappa shape index (κ1) is 23.7. The molecule has 1 aromatic heterocycles. The average molecular weight is 500 g/mol. The van der Waals surface area contributed by atoms with Crippen molar-refractivity contribution in [1.82, 2.24) is 15.3 Å². The van der Waals surface area contributed by atoms with E-state index in [9.17, 15) is 9.59 Å². The molecular formula is C28H33N7O2. The second-order valence-corrected chi connectivity index (χ2v) is 10.8. The number of carbonyl (C=O) groups excluding carboxylic acids is 2. The molecule has 37 heavy (non-hydrogen) atoms. The number of hydrogen-bond donors (Lipinski definition) is 4. The number of rotatable bonds is 4. The van der Waals surface area contributed by atoms with E-state index in [1.165, 1.54) is 31.8 Å². The van der Waals surface area contributed by atoms with Crippen LogP contribution >= 0.6 is 0 Å². The molecule has 0 bridgehead atoms. The molecule has 2 amide bonds. The number of nitrogens with two attached hydrogens (primary N) is 2. The number of anilines is 1. The molecule has 3 atom stereocenters. The van der Waals surface area contributed by atoms with Crippen LogP contribution in [0, 0.1) is 11.8 Å². The quantitative estimate of drug-likeness (QED) is 0.168. The van der Waals surface area contributed by atoms with Gasteiger partial charge in [0.15, 0.2) is 0 Å². The fourth-order valence-corrected chi connectivity index (χ4v) is 6.77. The lowest BCUT2D eigenvalue weighted by Gasteiger charge is -2.41. The first-order valence-electron chi connectivity index (χ1n) is 13.2. The minimum atomic E-state index is -0.630. The third-order valence-electron chi connectivity index (χ3n) is 8.68. The maximum Gasteiger partial charge on any atom is 0.271 e. The van der Waals surface area contributed by atoms with Crippen LogP contribution in [-0.4, -0.2) is 40.6 Å². The summed E-state index contributed by atoms with van der Waals surface area (Å²) in [4.78, 5) is 36.9. The smallest absolute Gasteiger partial charge is 0.271 e. The van der Waals surface area contributed by atoms with Gasteiger partial charge in [-0.3, -0.25) is 15.4 Å². The summed E-state index contributed by atoms with van der Waals surface area (Å²) in [5.74, 6) is 7.73. The van der Waals surface area contributed by atoms with Gasteiger partial charge in [0.2, 0.25) is 5.91 Å². The SMILES string of the molecule is NN/C(=C\C(N)=Nc1ccc2c(c1)CC1(C2)C(=O)Nc2ncccc21)C(=O)N1CCC2CCCCC2C1. The molecule has 2 aliphatic heterocycles. The highest BCUT2D eigenvalue weighted by molar-refractivity contribution is 6.06. The number of aromatic nitrogens is 1. The zero-order valence-electron chi connectivity index (χ0n) is 20.9. The van der Waals surface area contributed by atoms with E-state index in [0.717, 1.165) is 42.1 Å². The van der Waals surface area contributed by atoms with E-state index >= 15 is 0 Å². The van der Waals surface area contributed by atoms with Crippen LogP contribution in [0.5, 0.6) is 0 Å². The highest BCUT2D eigenvalue weighted by Gasteiger charge is 2.51. The van der Waals surface area contributed by atoms with Gasteiger partial charge in [-0.25, -0.2) is 9.98 Å². The molecular weight excluding hydrogens is 466 g/mol. The van der Waals surface area contributed by atoms with Gasteiger partial charge in [0.1, 0.15) is 17.4 Å². The second-order valence-electron chi connectivity index (χ2n) is 10.8. The zero-order chi connectivity index (χ0) is 25.6. The van der Waals surface area contributed by atoms with Crippen LogP contribution in [0.4, 0.5) is 11.5 Å². The number of hydrazine groups is 1. The molecule has 1 spiro atoms. The fourth-order valence-electron chi connectivity index (χ4n) is 6.77. The van der Waals surface area contributed by atoms with E-state index in [1.54, 1.807) is 6.20 Å². The van der Waals surface area contributed by atoms with Crippen molar-refractivity contribution < 1.29 is 9.59 Å². The predicted molar refractivity (Wildman–Crippen MR) is 142 cm³/mol. The van der Waals surface area contributed by atoms with Gasteiger partial charge in [0.05, 0.1) is 11.1 Å². The molecule has 3 heterocycles. The fraction of sp³-hybridized carbons (Fsp3) is 0.429. The van der Waals surface area contributed by atoms with E-state index in [4.69, 9.17) is 11.6 Å². The lowest BCUT2D eigenvalue weighted by Crippen LogP contribution is -2.47. The summed E-state index contributed by atoms with van der Waals surface area (Å²) < 4.78 is 0. The maximum atomic E-state index is 13.2. The Kier molecular flexibility index (Phi) is 5.95. The predicted octanol–water partition coefficient (Wildman–Crippen LogP) is 2.44. The van der Waals surface area contributed by atoms with E-state index in [2.05, 4.69) is 20.7 Å². The van der Waals surface area contributed by atoms with Gasteiger partial charge in [0.25, 0.3) is 5.91 Å². The molecule has 4 aliphatic rings. The Hall–Kier alpha value is -3.72. The standard InChI is InChI=1S/C28H33N7O2/c29-24(13-23(34-30)26(36)35-11-9-17-4-1-2-5-19(17)16-35)32-21-8-7-18-14-28(15-20(18)12-21)22-6-3-10-31-25(22)33-27(28)37/h3,6-8,10,12-13,17,19,34H,1-2,4-5,9,11,14-16,30H2,(H2,29,32)(H,31,33,37)/b23-13-. The van der Waals surface area contributed by atoms with Gasteiger partial charge in [-0.2, -0.15) is 0 Å². The third kappa shape index (κ3) is 4.17. The first-order chi connectivity index (χ1) is 18.0. The summed E-state index contributed by atoms with van der Waals surface area (Å²) in [6, 6.07) is 9.71. The molecule has 3 unspecified atom stereocenters. The van der Waals surface area contributed by atoms with Crippen molar-refractivity contribution in [2.75, 3.05) is 18.4 Å². The van der Waals surface area contributed by atoms with Gasteiger partial charge in [-0.15, -0.1) is 0 Å². The number of nitrogens with one attached hydrogen (secondary N) is 2. The Balaban J connectivity index is 1.19. The zero-order valence-corrected chi connectivity index (χ0v) is 20.9. The lowest BCUT2D eigenvalue weighted by atomic mass is 9.75. The number of piperidine rings is 1. The van der Waals surface area contributed by atoms with Crippen molar-refractivity contribution in [3.8, 4) is 0 Å². The Bertz CT molecular complexity index is 1320. The summed E-state index contributed by atoms with van der Waals surface area (Å²) in [6.45, 7) is 1.52. The maximum absolute atomic E-state index is 13.2. The molecule has 9 nitrogen and oxygen atoms in total. The molecule has 6 rings (SSSR count). The summed E-state index contributed by atoms with van der Waals surface area (Å²) in [7, 11) is 0. The van der Waals surface area contributed by atoms with Crippen LogP contribution in [0.2, 0.25) is 0 Å². The van der Waals surface area contributed by atoms with Crippen LogP contribution < -0.4 is 22.3 Å². The molecule has 1 saturated heterocycles. The largest absolute Gasteiger partial charge is 0.384 e. The minimum absolute atomic E-state index is 0.0145. The second kappa shape index (κ2) is 9.30. The summed E-state index contributed by atoms with van der Waals surface area (Å²) in [6.07, 6.45) is 10.5. The van der Waals surface area contributed by atoms with E-state index < -0.39 is 5.41 Å². The Morgan fingerprint density at radius 2 is 1.97 bits per heavy atom. The van der Waals surface area contributed by atoms with Crippen molar-refractivity contribution >= 4 is 29.2 Å². The van der Waals surface area contributed by atoms with Crippen LogP contribution in [-0.2, 0) is 27.8 Å². The number of amides is 2. The van der Waals surface area contributed by atoms with Gasteiger partial charge >= 0.3 is 0 Å². The molecule has 0 radical (unpaired) electrons. The van der Waals surface area contributed by atoms with Crippen LogP contribution in [0.15, 0.2) is 53.3 Å². The number of nitrogens with zero attached hydrogens (tertiary/aromatic N) is 3. The van der Waals surface area contributed by atoms with Crippen molar-refractivity contribution in [3.05, 3.63) is 65.0 Å². The molecule has 192 valence electrons. The molecule has 1 saturated carbocycles. The van der Waals surface area contributed by atoms with Crippen LogP contribution in [0.25, 0.3) is 0 Å². The molecule has 6 N–H and O–H groups in total. The van der Waals surface area contributed by atoms with Crippen molar-refractivity contribution in [2.24, 2.45) is 28.4 Å². The lowest BCUT2D eigenvalue weighted by molar-refractivity contribution is -0.130. The van der Waals surface area contributed by atoms with Gasteiger partial charge in [0, 0.05) is 30.9 Å². The normalized spacial score (nSPS) is 26.9. The first-order valence-corrected chi connectivity index (χ1v) is 13.2. The number of carbonyl (C=O) groups is 2. The number of likely N-dealkylation sites (tertiary alicyclic amines) is 1. The van der Waals surface area contributed by atoms with Crippen molar-refractivity contribution in [3.63, 3.8) is 0 Å². The summed E-state index contributed by atoms with van der Waals surface area (Å²) in [5, 5.41) is 2.93. The minimum Gasteiger partial charge on any atom is -0.384 e. The number of hydrogen-bond acceptors (Lipinski definition) is 6. The van der Waals surface area contributed by atoms with Crippen molar-refractivity contribution in [2.45, 2.75) is 50.4 Å². The van der Waals surface area contributed by atoms with Gasteiger partial charge < -0.3 is 21.4 Å². The molecule has 2 aliphatic carbocycles. The highest BCUT2D eigenvalue weighted by Crippen LogP contribution is 2.47. The Morgan fingerprint density at radius 1 is 1.16 bits per heavy atom. The Morgan fingerprint density at radius 3 is 2.81 bits per heavy atom. The number of amidine groups is 1. The Labute approximate surface area is 216 Å². The van der Waals surface area contributed by atoms with E-state index in [-0.39, 0.29) is 23.3 Å². The van der Waals surface area contributed by atoms with Crippen molar-refractivity contribution in [1.29, 1.82) is 0 Å². The number of fused-ring (bicyclic) bond motifs is 4. The van der Waals surface area contributed by atoms with Gasteiger partial charge in [-0.1, -0.05) is 31.4 Å². The molecule has 2 aromatic rings. The molecule has 2 fully saturated rings. The number of benzene rings is 1. The molecule has 1 aromatic carbocycles. The van der Waals surface area contributed by atoms with E-state index in [1.807, 2.05) is 35.2 Å².